The highest BCUT2D eigenvalue weighted by Crippen LogP contribution is 2.22. The zero-order valence-corrected chi connectivity index (χ0v) is 12.9. The monoisotopic (exact) mass is 325 g/mol. The van der Waals surface area contributed by atoms with Gasteiger partial charge in [0, 0.05) is 12.2 Å². The highest BCUT2D eigenvalue weighted by molar-refractivity contribution is 9.10. The maximum absolute atomic E-state index is 13.3. The third-order valence-electron chi connectivity index (χ3n) is 2.95. The van der Waals surface area contributed by atoms with Crippen molar-refractivity contribution in [1.29, 1.82) is 0 Å². The van der Waals surface area contributed by atoms with Crippen LogP contribution in [0, 0.1) is 19.7 Å². The highest BCUT2D eigenvalue weighted by Gasteiger charge is 2.11. The molecule has 0 amide bonds. The summed E-state index contributed by atoms with van der Waals surface area (Å²) in [4.78, 5) is 0. The Morgan fingerprint density at radius 1 is 1.32 bits per heavy atom. The largest absolute Gasteiger partial charge is 0.379 e. The van der Waals surface area contributed by atoms with Gasteiger partial charge in [0.1, 0.15) is 5.82 Å². The van der Waals surface area contributed by atoms with Crippen LogP contribution in [0.2, 0.25) is 0 Å². The summed E-state index contributed by atoms with van der Waals surface area (Å²) in [5.41, 5.74) is 3.73. The van der Waals surface area contributed by atoms with Crippen LogP contribution >= 0.6 is 15.9 Å². The van der Waals surface area contributed by atoms with Crippen molar-refractivity contribution in [3.05, 3.63) is 45.4 Å². The molecule has 19 heavy (non-hydrogen) atoms. The van der Waals surface area contributed by atoms with Crippen LogP contribution in [0.5, 0.6) is 0 Å². The lowest BCUT2D eigenvalue weighted by Crippen LogP contribution is -2.08. The number of rotatable bonds is 4. The van der Waals surface area contributed by atoms with Crippen molar-refractivity contribution < 1.29 is 4.39 Å². The van der Waals surface area contributed by atoms with Gasteiger partial charge in [-0.1, -0.05) is 0 Å². The van der Waals surface area contributed by atoms with Gasteiger partial charge in [-0.25, -0.2) is 4.39 Å². The van der Waals surface area contributed by atoms with E-state index < -0.39 is 0 Å². The van der Waals surface area contributed by atoms with Crippen LogP contribution in [0.1, 0.15) is 23.9 Å². The molecule has 1 N–H and O–H groups in total. The topological polar surface area (TPSA) is 29.9 Å². The van der Waals surface area contributed by atoms with E-state index in [0.717, 1.165) is 33.7 Å². The van der Waals surface area contributed by atoms with Crippen molar-refractivity contribution in [3.8, 4) is 0 Å². The van der Waals surface area contributed by atoms with E-state index in [-0.39, 0.29) is 5.82 Å². The van der Waals surface area contributed by atoms with E-state index in [4.69, 9.17) is 0 Å². The molecule has 2 rings (SSSR count). The minimum absolute atomic E-state index is 0.221. The summed E-state index contributed by atoms with van der Waals surface area (Å²) < 4.78 is 16.3. The van der Waals surface area contributed by atoms with E-state index in [0.29, 0.717) is 6.54 Å². The number of nitrogens with one attached hydrogen (secondary N) is 1. The third-order valence-corrected chi connectivity index (χ3v) is 3.99. The van der Waals surface area contributed by atoms with Crippen molar-refractivity contribution >= 4 is 21.6 Å². The molecule has 0 saturated heterocycles. The fraction of sp³-hybridized carbons (Fsp3) is 0.357. The van der Waals surface area contributed by atoms with Gasteiger partial charge < -0.3 is 5.32 Å². The van der Waals surface area contributed by atoms with Crippen molar-refractivity contribution in [2.75, 3.05) is 5.32 Å². The molecule has 1 heterocycles. The predicted molar refractivity (Wildman–Crippen MR) is 78.8 cm³/mol. The Morgan fingerprint density at radius 2 is 2.05 bits per heavy atom. The van der Waals surface area contributed by atoms with E-state index >= 15 is 0 Å². The molecule has 0 aliphatic heterocycles. The van der Waals surface area contributed by atoms with Gasteiger partial charge in [-0.05, 0) is 60.5 Å². The summed E-state index contributed by atoms with van der Waals surface area (Å²) in [7, 11) is 0. The van der Waals surface area contributed by atoms with Crippen LogP contribution < -0.4 is 5.32 Å². The Morgan fingerprint density at radius 3 is 2.68 bits per heavy atom. The lowest BCUT2D eigenvalue weighted by Gasteiger charge is -2.09. The first-order chi connectivity index (χ1) is 9.01. The molecule has 2 aromatic rings. The smallest absolute Gasteiger partial charge is 0.125 e. The second kappa shape index (κ2) is 5.74. The molecule has 3 nitrogen and oxygen atoms in total. The van der Waals surface area contributed by atoms with E-state index in [1.807, 2.05) is 24.6 Å². The van der Waals surface area contributed by atoms with Crippen molar-refractivity contribution in [1.82, 2.24) is 9.78 Å². The summed E-state index contributed by atoms with van der Waals surface area (Å²) in [6.07, 6.45) is 0. The maximum Gasteiger partial charge on any atom is 0.125 e. The van der Waals surface area contributed by atoms with Crippen LogP contribution in [0.15, 0.2) is 22.7 Å². The van der Waals surface area contributed by atoms with Gasteiger partial charge in [-0.3, -0.25) is 4.68 Å². The van der Waals surface area contributed by atoms with Crippen LogP contribution in [0.3, 0.4) is 0 Å². The zero-order chi connectivity index (χ0) is 14.0. The number of aromatic nitrogens is 2. The minimum Gasteiger partial charge on any atom is -0.379 e. The van der Waals surface area contributed by atoms with Crippen molar-refractivity contribution in [3.63, 3.8) is 0 Å². The van der Waals surface area contributed by atoms with Crippen LogP contribution in [-0.2, 0) is 13.1 Å². The lowest BCUT2D eigenvalue weighted by atomic mass is 10.2. The highest BCUT2D eigenvalue weighted by atomic mass is 79.9. The minimum atomic E-state index is -0.221. The van der Waals surface area contributed by atoms with Gasteiger partial charge in [0.2, 0.25) is 0 Å². The Labute approximate surface area is 121 Å². The van der Waals surface area contributed by atoms with E-state index in [2.05, 4.69) is 33.3 Å². The van der Waals surface area contributed by atoms with Gasteiger partial charge in [0.15, 0.2) is 0 Å². The average molecular weight is 326 g/mol. The molecular weight excluding hydrogens is 309 g/mol. The maximum atomic E-state index is 13.3. The molecule has 5 heteroatoms. The van der Waals surface area contributed by atoms with Crippen LogP contribution in [0.25, 0.3) is 0 Å². The first-order valence-corrected chi connectivity index (χ1v) is 7.03. The Hall–Kier alpha value is -1.36. The third kappa shape index (κ3) is 3.15. The molecule has 0 unspecified atom stereocenters. The fourth-order valence-electron chi connectivity index (χ4n) is 2.06. The number of anilines is 1. The molecule has 0 aliphatic rings. The molecule has 0 atom stereocenters. The number of halogens is 2. The Balaban J connectivity index is 2.18. The molecule has 0 saturated carbocycles. The Kier molecular flexibility index (Phi) is 4.24. The summed E-state index contributed by atoms with van der Waals surface area (Å²) in [5.74, 6) is -0.221. The number of aryl methyl sites for hydroxylation is 3. The van der Waals surface area contributed by atoms with Crippen molar-refractivity contribution in [2.45, 2.75) is 33.9 Å². The summed E-state index contributed by atoms with van der Waals surface area (Å²) >= 11 is 3.55. The number of hydrogen-bond acceptors (Lipinski definition) is 2. The molecule has 0 spiro atoms. The standard InChI is InChI=1S/C14H17BrFN3/c1-4-19-13(14(15)10(3)18-19)8-17-12-6-9(2)5-11(16)7-12/h5-7,17H,4,8H2,1-3H3. The molecule has 0 bridgehead atoms. The molecule has 1 aromatic carbocycles. The summed E-state index contributed by atoms with van der Waals surface area (Å²) in [6.45, 7) is 7.31. The zero-order valence-electron chi connectivity index (χ0n) is 11.3. The molecular formula is C14H17BrFN3. The second-order valence-electron chi connectivity index (χ2n) is 4.53. The average Bonchev–Trinajstić information content (AvgIpc) is 2.62. The molecule has 0 radical (unpaired) electrons. The van der Waals surface area contributed by atoms with Gasteiger partial charge in [-0.2, -0.15) is 5.10 Å². The first kappa shape index (κ1) is 14.1. The SMILES string of the molecule is CCn1nc(C)c(Br)c1CNc1cc(C)cc(F)c1. The van der Waals surface area contributed by atoms with Gasteiger partial charge >= 0.3 is 0 Å². The summed E-state index contributed by atoms with van der Waals surface area (Å²) in [6, 6.07) is 4.94. The van der Waals surface area contributed by atoms with Gasteiger partial charge in [0.25, 0.3) is 0 Å². The fourth-order valence-corrected chi connectivity index (χ4v) is 2.49. The molecule has 0 aliphatic carbocycles. The quantitative estimate of drug-likeness (QED) is 0.919. The molecule has 0 fully saturated rings. The van der Waals surface area contributed by atoms with E-state index in [1.54, 1.807) is 0 Å². The van der Waals surface area contributed by atoms with Crippen LogP contribution in [-0.4, -0.2) is 9.78 Å². The Bertz CT molecular complexity index is 572. The number of benzene rings is 1. The second-order valence-corrected chi connectivity index (χ2v) is 5.33. The molecule has 102 valence electrons. The van der Waals surface area contributed by atoms with Crippen molar-refractivity contribution in [2.24, 2.45) is 0 Å². The predicted octanol–water partition coefficient (Wildman–Crippen LogP) is 4.03. The van der Waals surface area contributed by atoms with E-state index in [9.17, 15) is 4.39 Å². The normalized spacial score (nSPS) is 10.8. The van der Waals surface area contributed by atoms with E-state index in [1.165, 1.54) is 12.1 Å². The van der Waals surface area contributed by atoms with Gasteiger partial charge in [0.05, 0.1) is 22.4 Å². The molecule has 1 aromatic heterocycles. The number of nitrogens with zero attached hydrogens (tertiary/aromatic N) is 2. The number of hydrogen-bond donors (Lipinski definition) is 1. The first-order valence-electron chi connectivity index (χ1n) is 6.24. The van der Waals surface area contributed by atoms with Crippen LogP contribution in [0.4, 0.5) is 10.1 Å². The van der Waals surface area contributed by atoms with Gasteiger partial charge in [-0.15, -0.1) is 0 Å². The lowest BCUT2D eigenvalue weighted by molar-refractivity contribution is 0.620. The summed E-state index contributed by atoms with van der Waals surface area (Å²) in [5, 5.41) is 7.67.